The lowest BCUT2D eigenvalue weighted by molar-refractivity contribution is 0.0782. The zero-order chi connectivity index (χ0) is 13.8. The van der Waals surface area contributed by atoms with Crippen molar-refractivity contribution >= 4 is 33.4 Å². The molecule has 1 aromatic rings. The van der Waals surface area contributed by atoms with Crippen molar-refractivity contribution in [3.05, 3.63) is 33.3 Å². The molecule has 5 heteroatoms. The molecule has 1 aromatic carbocycles. The fraction of sp³-hybridized carbons (Fsp3) is 0.500. The Kier molecular flexibility index (Phi) is 5.25. The number of likely N-dealkylation sites (tertiary alicyclic amines) is 1. The van der Waals surface area contributed by atoms with Crippen LogP contribution >= 0.6 is 27.5 Å². The van der Waals surface area contributed by atoms with E-state index in [0.29, 0.717) is 10.6 Å². The van der Waals surface area contributed by atoms with Gasteiger partial charge in [0.1, 0.15) is 0 Å². The van der Waals surface area contributed by atoms with Crippen molar-refractivity contribution in [2.24, 2.45) is 0 Å². The van der Waals surface area contributed by atoms with Crippen LogP contribution in [0.3, 0.4) is 0 Å². The van der Waals surface area contributed by atoms with Crippen LogP contribution in [0.2, 0.25) is 5.02 Å². The lowest BCUT2D eigenvalue weighted by Crippen LogP contribution is -2.35. The summed E-state index contributed by atoms with van der Waals surface area (Å²) in [6.07, 6.45) is 2.56. The minimum Gasteiger partial charge on any atom is -0.340 e. The third kappa shape index (κ3) is 3.94. The molecule has 1 saturated heterocycles. The molecule has 0 aromatic heterocycles. The van der Waals surface area contributed by atoms with Crippen LogP contribution in [0.1, 0.15) is 23.2 Å². The zero-order valence-electron chi connectivity index (χ0n) is 11.0. The average molecular weight is 346 g/mol. The molecule has 0 unspecified atom stereocenters. The predicted octanol–water partition coefficient (Wildman–Crippen LogP) is 3.27. The van der Waals surface area contributed by atoms with Crippen LogP contribution in [-0.2, 0) is 0 Å². The summed E-state index contributed by atoms with van der Waals surface area (Å²) in [5, 5.41) is 0.622. The standard InChI is InChI=1S/C14H18BrClN2O/c1-17(8-9-18-6-2-3-7-18)14(19)11-4-5-13(16)12(15)10-11/h4-5,10H,2-3,6-9H2,1H3. The minimum atomic E-state index is 0.0385. The summed E-state index contributed by atoms with van der Waals surface area (Å²) in [7, 11) is 1.85. The Balaban J connectivity index is 1.92. The first-order chi connectivity index (χ1) is 9.08. The topological polar surface area (TPSA) is 23.6 Å². The molecule has 19 heavy (non-hydrogen) atoms. The zero-order valence-corrected chi connectivity index (χ0v) is 13.4. The summed E-state index contributed by atoms with van der Waals surface area (Å²) in [6, 6.07) is 5.28. The van der Waals surface area contributed by atoms with E-state index in [4.69, 9.17) is 11.6 Å². The molecule has 1 aliphatic heterocycles. The largest absolute Gasteiger partial charge is 0.340 e. The number of halogens is 2. The lowest BCUT2D eigenvalue weighted by Gasteiger charge is -2.21. The summed E-state index contributed by atoms with van der Waals surface area (Å²) >= 11 is 9.28. The van der Waals surface area contributed by atoms with Crippen LogP contribution in [0, 0.1) is 0 Å². The van der Waals surface area contributed by atoms with Crippen LogP contribution in [-0.4, -0.2) is 48.9 Å². The normalized spacial score (nSPS) is 15.7. The van der Waals surface area contributed by atoms with Crippen molar-refractivity contribution in [1.82, 2.24) is 9.80 Å². The highest BCUT2D eigenvalue weighted by molar-refractivity contribution is 9.10. The van der Waals surface area contributed by atoms with Gasteiger partial charge in [0.25, 0.3) is 5.91 Å². The highest BCUT2D eigenvalue weighted by Gasteiger charge is 2.16. The molecule has 0 bridgehead atoms. The Morgan fingerprint density at radius 3 is 2.74 bits per heavy atom. The molecule has 104 valence electrons. The van der Waals surface area contributed by atoms with Gasteiger partial charge < -0.3 is 9.80 Å². The van der Waals surface area contributed by atoms with Crippen LogP contribution in [0.5, 0.6) is 0 Å². The number of carbonyl (C=O) groups is 1. The maximum atomic E-state index is 12.3. The smallest absolute Gasteiger partial charge is 0.253 e. The number of nitrogens with zero attached hydrogens (tertiary/aromatic N) is 2. The molecule has 1 aliphatic rings. The maximum absolute atomic E-state index is 12.3. The van der Waals surface area contributed by atoms with E-state index >= 15 is 0 Å². The number of hydrogen-bond donors (Lipinski definition) is 0. The van der Waals surface area contributed by atoms with Gasteiger partial charge in [-0.1, -0.05) is 11.6 Å². The number of carbonyl (C=O) groups excluding carboxylic acids is 1. The summed E-state index contributed by atoms with van der Waals surface area (Å²) in [6.45, 7) is 4.04. The van der Waals surface area contributed by atoms with Crippen molar-refractivity contribution in [2.45, 2.75) is 12.8 Å². The molecule has 1 fully saturated rings. The molecular weight excluding hydrogens is 328 g/mol. The molecule has 0 atom stereocenters. The Bertz CT molecular complexity index is 461. The van der Waals surface area contributed by atoms with Crippen molar-refractivity contribution in [3.8, 4) is 0 Å². The average Bonchev–Trinajstić information content (AvgIpc) is 2.91. The van der Waals surface area contributed by atoms with Gasteiger partial charge in [-0.15, -0.1) is 0 Å². The van der Waals surface area contributed by atoms with Gasteiger partial charge >= 0.3 is 0 Å². The number of likely N-dealkylation sites (N-methyl/N-ethyl adjacent to an activating group) is 1. The first kappa shape index (κ1) is 14.8. The maximum Gasteiger partial charge on any atom is 0.253 e. The predicted molar refractivity (Wildman–Crippen MR) is 81.8 cm³/mol. The van der Waals surface area contributed by atoms with Crippen LogP contribution in [0.4, 0.5) is 0 Å². The molecule has 1 amide bonds. The number of hydrogen-bond acceptors (Lipinski definition) is 2. The van der Waals surface area contributed by atoms with E-state index in [0.717, 1.165) is 30.7 Å². The lowest BCUT2D eigenvalue weighted by atomic mass is 10.2. The fourth-order valence-corrected chi connectivity index (χ4v) is 2.75. The van der Waals surface area contributed by atoms with Gasteiger partial charge in [0.05, 0.1) is 5.02 Å². The molecule has 3 nitrogen and oxygen atoms in total. The number of rotatable bonds is 4. The second-order valence-electron chi connectivity index (χ2n) is 4.90. The monoisotopic (exact) mass is 344 g/mol. The van der Waals surface area contributed by atoms with Gasteiger partial charge in [0.15, 0.2) is 0 Å². The van der Waals surface area contributed by atoms with E-state index in [-0.39, 0.29) is 5.91 Å². The Morgan fingerprint density at radius 1 is 1.42 bits per heavy atom. The van der Waals surface area contributed by atoms with E-state index < -0.39 is 0 Å². The highest BCUT2D eigenvalue weighted by atomic mass is 79.9. The molecule has 0 saturated carbocycles. The van der Waals surface area contributed by atoms with Crippen molar-refractivity contribution in [2.75, 3.05) is 33.2 Å². The van der Waals surface area contributed by atoms with Crippen LogP contribution in [0.25, 0.3) is 0 Å². The first-order valence-corrected chi connectivity index (χ1v) is 7.68. The minimum absolute atomic E-state index is 0.0385. The summed E-state index contributed by atoms with van der Waals surface area (Å²) in [5.41, 5.74) is 0.667. The summed E-state index contributed by atoms with van der Waals surface area (Å²) < 4.78 is 0.757. The van der Waals surface area contributed by atoms with Crippen molar-refractivity contribution < 1.29 is 4.79 Å². The second kappa shape index (κ2) is 6.73. The molecule has 2 rings (SSSR count). The Labute approximate surface area is 127 Å². The van der Waals surface area contributed by atoms with E-state index in [1.54, 1.807) is 23.1 Å². The van der Waals surface area contributed by atoms with Gasteiger partial charge in [-0.25, -0.2) is 0 Å². The highest BCUT2D eigenvalue weighted by Crippen LogP contribution is 2.23. The van der Waals surface area contributed by atoms with Crippen LogP contribution in [0.15, 0.2) is 22.7 Å². The molecule has 1 heterocycles. The molecule has 0 spiro atoms. The van der Waals surface area contributed by atoms with E-state index in [1.807, 2.05) is 7.05 Å². The summed E-state index contributed by atoms with van der Waals surface area (Å²) in [4.78, 5) is 16.4. The van der Waals surface area contributed by atoms with Gasteiger partial charge in [-0.3, -0.25) is 4.79 Å². The molecule has 0 aliphatic carbocycles. The van der Waals surface area contributed by atoms with Gasteiger partial charge in [-0.05, 0) is 60.1 Å². The quantitative estimate of drug-likeness (QED) is 0.836. The molecule has 0 N–H and O–H groups in total. The van der Waals surface area contributed by atoms with Crippen molar-refractivity contribution in [1.29, 1.82) is 0 Å². The molecular formula is C14H18BrClN2O. The summed E-state index contributed by atoms with van der Waals surface area (Å²) in [5.74, 6) is 0.0385. The van der Waals surface area contributed by atoms with Gasteiger partial charge in [-0.2, -0.15) is 0 Å². The van der Waals surface area contributed by atoms with E-state index in [1.165, 1.54) is 12.8 Å². The first-order valence-electron chi connectivity index (χ1n) is 6.51. The van der Waals surface area contributed by atoms with E-state index in [2.05, 4.69) is 20.8 Å². The number of amides is 1. The van der Waals surface area contributed by atoms with Crippen LogP contribution < -0.4 is 0 Å². The Morgan fingerprint density at radius 2 is 2.11 bits per heavy atom. The molecule has 0 radical (unpaired) electrons. The number of benzene rings is 1. The fourth-order valence-electron chi connectivity index (χ4n) is 2.25. The van der Waals surface area contributed by atoms with E-state index in [9.17, 15) is 4.79 Å². The van der Waals surface area contributed by atoms with Gasteiger partial charge in [0.2, 0.25) is 0 Å². The third-order valence-electron chi connectivity index (χ3n) is 3.46. The third-order valence-corrected chi connectivity index (χ3v) is 4.68. The SMILES string of the molecule is CN(CCN1CCCC1)C(=O)c1ccc(Cl)c(Br)c1. The van der Waals surface area contributed by atoms with Gasteiger partial charge in [0, 0.05) is 30.2 Å². The van der Waals surface area contributed by atoms with Crippen molar-refractivity contribution in [3.63, 3.8) is 0 Å². The Hall–Kier alpha value is -0.580. The second-order valence-corrected chi connectivity index (χ2v) is 6.17.